The molecule has 1 atom stereocenters. The Morgan fingerprint density at radius 3 is 2.50 bits per heavy atom. The van der Waals surface area contributed by atoms with E-state index >= 15 is 0 Å². The number of carbonyl (C=O) groups excluding carboxylic acids is 3. The first-order valence-electron chi connectivity index (χ1n) is 10.3. The van der Waals surface area contributed by atoms with Crippen LogP contribution in [-0.2, 0) is 14.3 Å². The third-order valence-corrected chi connectivity index (χ3v) is 5.30. The van der Waals surface area contributed by atoms with E-state index < -0.39 is 12.1 Å². The lowest BCUT2D eigenvalue weighted by atomic mass is 9.98. The van der Waals surface area contributed by atoms with E-state index in [-0.39, 0.29) is 17.7 Å². The Hall–Kier alpha value is -3.15. The standard InChI is InChI=1S/C24H28N2O4/c1-15(2)20-11-5-8-16(3)22(20)25-23(28)17(4)30-24(29)18-9-6-10-19(14-18)26-13-7-12-21(26)27/h5-6,8-11,14-15,17H,7,12-13H2,1-4H3,(H,25,28)/t17-/m1/s1. The van der Waals surface area contributed by atoms with Crippen LogP contribution in [0.2, 0.25) is 0 Å². The molecule has 1 N–H and O–H groups in total. The van der Waals surface area contributed by atoms with Crippen molar-refractivity contribution >= 4 is 29.2 Å². The van der Waals surface area contributed by atoms with Crippen molar-refractivity contribution < 1.29 is 19.1 Å². The van der Waals surface area contributed by atoms with E-state index in [1.165, 1.54) is 0 Å². The molecule has 0 aromatic heterocycles. The predicted octanol–water partition coefficient (Wildman–Crippen LogP) is 4.43. The number of nitrogens with zero attached hydrogens (tertiary/aromatic N) is 1. The lowest BCUT2D eigenvalue weighted by Gasteiger charge is -2.19. The summed E-state index contributed by atoms with van der Waals surface area (Å²) in [7, 11) is 0. The highest BCUT2D eigenvalue weighted by Gasteiger charge is 2.24. The van der Waals surface area contributed by atoms with Gasteiger partial charge in [-0.1, -0.05) is 38.1 Å². The highest BCUT2D eigenvalue weighted by molar-refractivity contribution is 6.00. The number of benzene rings is 2. The lowest BCUT2D eigenvalue weighted by molar-refractivity contribution is -0.123. The van der Waals surface area contributed by atoms with E-state index in [1.807, 2.05) is 25.1 Å². The molecule has 6 nitrogen and oxygen atoms in total. The average Bonchev–Trinajstić information content (AvgIpc) is 3.15. The number of aryl methyl sites for hydroxylation is 1. The van der Waals surface area contributed by atoms with Gasteiger partial charge >= 0.3 is 5.97 Å². The maximum absolute atomic E-state index is 12.7. The van der Waals surface area contributed by atoms with Crippen LogP contribution in [0.1, 0.15) is 61.0 Å². The predicted molar refractivity (Wildman–Crippen MR) is 117 cm³/mol. The summed E-state index contributed by atoms with van der Waals surface area (Å²) >= 11 is 0. The molecule has 0 radical (unpaired) electrons. The highest BCUT2D eigenvalue weighted by Crippen LogP contribution is 2.28. The Bertz CT molecular complexity index is 967. The van der Waals surface area contributed by atoms with Gasteiger partial charge in [0.05, 0.1) is 5.56 Å². The molecule has 2 amide bonds. The zero-order chi connectivity index (χ0) is 21.8. The van der Waals surface area contributed by atoms with Crippen LogP contribution in [0.3, 0.4) is 0 Å². The largest absolute Gasteiger partial charge is 0.449 e. The Labute approximate surface area is 177 Å². The van der Waals surface area contributed by atoms with Gasteiger partial charge in [-0.2, -0.15) is 0 Å². The summed E-state index contributed by atoms with van der Waals surface area (Å²) in [6, 6.07) is 12.6. The maximum atomic E-state index is 12.7. The van der Waals surface area contributed by atoms with Gasteiger partial charge in [0.2, 0.25) is 5.91 Å². The Kier molecular flexibility index (Phi) is 6.55. The Morgan fingerprint density at radius 2 is 1.83 bits per heavy atom. The van der Waals surface area contributed by atoms with Gasteiger partial charge in [-0.05, 0) is 55.5 Å². The third kappa shape index (κ3) is 4.70. The smallest absolute Gasteiger partial charge is 0.338 e. The second kappa shape index (κ2) is 9.11. The van der Waals surface area contributed by atoms with E-state index in [9.17, 15) is 14.4 Å². The molecule has 0 spiro atoms. The van der Waals surface area contributed by atoms with Crippen LogP contribution < -0.4 is 10.2 Å². The number of carbonyl (C=O) groups is 3. The number of para-hydroxylation sites is 1. The number of esters is 1. The summed E-state index contributed by atoms with van der Waals surface area (Å²) in [5.41, 5.74) is 3.73. The summed E-state index contributed by atoms with van der Waals surface area (Å²) < 4.78 is 5.40. The first-order valence-corrected chi connectivity index (χ1v) is 10.3. The zero-order valence-corrected chi connectivity index (χ0v) is 17.9. The lowest BCUT2D eigenvalue weighted by Crippen LogP contribution is -2.31. The first-order chi connectivity index (χ1) is 14.3. The molecule has 1 fully saturated rings. The summed E-state index contributed by atoms with van der Waals surface area (Å²) in [6.45, 7) is 8.25. The average molecular weight is 408 g/mol. The van der Waals surface area contributed by atoms with Gasteiger partial charge < -0.3 is 15.0 Å². The molecule has 6 heteroatoms. The van der Waals surface area contributed by atoms with Crippen LogP contribution >= 0.6 is 0 Å². The van der Waals surface area contributed by atoms with Crippen molar-refractivity contribution in [3.05, 3.63) is 59.2 Å². The monoisotopic (exact) mass is 408 g/mol. The van der Waals surface area contributed by atoms with E-state index in [0.717, 1.165) is 23.2 Å². The van der Waals surface area contributed by atoms with Crippen molar-refractivity contribution in [1.29, 1.82) is 0 Å². The summed E-state index contributed by atoms with van der Waals surface area (Å²) in [4.78, 5) is 38.9. The molecular formula is C24H28N2O4. The van der Waals surface area contributed by atoms with Crippen molar-refractivity contribution in [1.82, 2.24) is 0 Å². The summed E-state index contributed by atoms with van der Waals surface area (Å²) in [5, 5.41) is 2.91. The van der Waals surface area contributed by atoms with Crippen molar-refractivity contribution in [2.75, 3.05) is 16.8 Å². The van der Waals surface area contributed by atoms with Gasteiger partial charge in [0.15, 0.2) is 6.10 Å². The number of hydrogen-bond acceptors (Lipinski definition) is 4. The highest BCUT2D eigenvalue weighted by atomic mass is 16.5. The fourth-order valence-electron chi connectivity index (χ4n) is 3.57. The maximum Gasteiger partial charge on any atom is 0.338 e. The third-order valence-electron chi connectivity index (χ3n) is 5.30. The normalized spacial score (nSPS) is 14.7. The van der Waals surface area contributed by atoms with Crippen LogP contribution in [-0.4, -0.2) is 30.4 Å². The SMILES string of the molecule is Cc1cccc(C(C)C)c1NC(=O)[C@@H](C)OC(=O)c1cccc(N2CCCC2=O)c1. The van der Waals surface area contributed by atoms with Gasteiger partial charge in [0.25, 0.3) is 5.91 Å². The van der Waals surface area contributed by atoms with Crippen molar-refractivity contribution in [2.24, 2.45) is 0 Å². The van der Waals surface area contributed by atoms with Gasteiger partial charge in [-0.3, -0.25) is 9.59 Å². The Morgan fingerprint density at radius 1 is 1.10 bits per heavy atom. The number of hydrogen-bond donors (Lipinski definition) is 1. The van der Waals surface area contributed by atoms with Gasteiger partial charge in [0, 0.05) is 24.3 Å². The van der Waals surface area contributed by atoms with Crippen molar-refractivity contribution in [2.45, 2.75) is 52.6 Å². The number of ether oxygens (including phenoxy) is 1. The van der Waals surface area contributed by atoms with Gasteiger partial charge in [-0.15, -0.1) is 0 Å². The Balaban J connectivity index is 1.69. The minimum absolute atomic E-state index is 0.0486. The molecule has 2 aromatic rings. The molecular weight excluding hydrogens is 380 g/mol. The summed E-state index contributed by atoms with van der Waals surface area (Å²) in [6.07, 6.45) is 0.361. The molecule has 1 heterocycles. The molecule has 0 unspecified atom stereocenters. The molecule has 3 rings (SSSR count). The topological polar surface area (TPSA) is 75.7 Å². The van der Waals surface area contributed by atoms with Crippen LogP contribution in [0.4, 0.5) is 11.4 Å². The van der Waals surface area contributed by atoms with Crippen LogP contribution in [0.5, 0.6) is 0 Å². The molecule has 1 aliphatic heterocycles. The van der Waals surface area contributed by atoms with E-state index in [1.54, 1.807) is 36.1 Å². The molecule has 1 aliphatic rings. The molecule has 0 saturated carbocycles. The van der Waals surface area contributed by atoms with Crippen LogP contribution in [0.15, 0.2) is 42.5 Å². The van der Waals surface area contributed by atoms with Gasteiger partial charge in [0.1, 0.15) is 0 Å². The number of amides is 2. The van der Waals surface area contributed by atoms with E-state index in [2.05, 4.69) is 19.2 Å². The molecule has 30 heavy (non-hydrogen) atoms. The molecule has 0 aliphatic carbocycles. The minimum atomic E-state index is -0.964. The number of anilines is 2. The number of nitrogens with one attached hydrogen (secondary N) is 1. The fourth-order valence-corrected chi connectivity index (χ4v) is 3.57. The minimum Gasteiger partial charge on any atom is -0.449 e. The summed E-state index contributed by atoms with van der Waals surface area (Å²) in [5.74, 6) is -0.688. The van der Waals surface area contributed by atoms with E-state index in [0.29, 0.717) is 24.2 Å². The van der Waals surface area contributed by atoms with E-state index in [4.69, 9.17) is 4.74 Å². The second-order valence-electron chi connectivity index (χ2n) is 7.93. The fraction of sp³-hybridized carbons (Fsp3) is 0.375. The van der Waals surface area contributed by atoms with Crippen LogP contribution in [0, 0.1) is 6.92 Å². The van der Waals surface area contributed by atoms with Gasteiger partial charge in [-0.25, -0.2) is 4.79 Å². The van der Waals surface area contributed by atoms with Crippen molar-refractivity contribution in [3.8, 4) is 0 Å². The zero-order valence-electron chi connectivity index (χ0n) is 17.9. The quantitative estimate of drug-likeness (QED) is 0.718. The first kappa shape index (κ1) is 21.6. The second-order valence-corrected chi connectivity index (χ2v) is 7.93. The molecule has 158 valence electrons. The van der Waals surface area contributed by atoms with Crippen molar-refractivity contribution in [3.63, 3.8) is 0 Å². The van der Waals surface area contributed by atoms with Crippen LogP contribution in [0.25, 0.3) is 0 Å². The molecule has 1 saturated heterocycles. The molecule has 2 aromatic carbocycles. The number of rotatable bonds is 6. The molecule has 0 bridgehead atoms.